The van der Waals surface area contributed by atoms with Gasteiger partial charge in [-0.05, 0) is 105 Å². The largest absolute Gasteiger partial charge is 0.309 e. The first kappa shape index (κ1) is 32.0. The van der Waals surface area contributed by atoms with E-state index in [0.29, 0.717) is 0 Å². The molecule has 0 fully saturated rings. The highest BCUT2D eigenvalue weighted by Crippen LogP contribution is 2.43. The summed E-state index contributed by atoms with van der Waals surface area (Å²) >= 11 is 0. The first-order valence-corrected chi connectivity index (χ1v) is 19.3. The normalized spacial score (nSPS) is 11.6. The molecule has 0 saturated carbocycles. The molecule has 0 atom stereocenters. The molecule has 0 bridgehead atoms. The second-order valence-corrected chi connectivity index (χ2v) is 14.5. The van der Waals surface area contributed by atoms with E-state index >= 15 is 0 Å². The van der Waals surface area contributed by atoms with E-state index in [9.17, 15) is 0 Å². The molecule has 56 heavy (non-hydrogen) atoms. The van der Waals surface area contributed by atoms with Crippen LogP contribution in [0.2, 0.25) is 0 Å². The van der Waals surface area contributed by atoms with E-state index in [4.69, 9.17) is 0 Å². The molecule has 262 valence electrons. The molecule has 11 rings (SSSR count). The van der Waals surface area contributed by atoms with Crippen LogP contribution in [0.15, 0.2) is 218 Å². The van der Waals surface area contributed by atoms with E-state index in [1.165, 1.54) is 88.1 Å². The van der Waals surface area contributed by atoms with Crippen molar-refractivity contribution in [3.8, 4) is 55.9 Å². The Kier molecular flexibility index (Phi) is 7.53. The molecule has 11 aromatic rings. The Morgan fingerprint density at radius 1 is 0.214 bits per heavy atom. The number of para-hydroxylation sites is 2. The molecule has 0 unspecified atom stereocenters. The number of hydrogen-bond acceptors (Lipinski definition) is 0. The molecule has 2 heterocycles. The average molecular weight is 713 g/mol. The van der Waals surface area contributed by atoms with Gasteiger partial charge in [0, 0.05) is 32.9 Å². The molecule has 2 heteroatoms. The zero-order valence-electron chi connectivity index (χ0n) is 30.7. The Morgan fingerprint density at radius 2 is 0.536 bits per heavy atom. The molecule has 2 nitrogen and oxygen atoms in total. The number of aromatic nitrogens is 2. The topological polar surface area (TPSA) is 9.86 Å². The lowest BCUT2D eigenvalue weighted by molar-refractivity contribution is 1.16. The van der Waals surface area contributed by atoms with E-state index in [-0.39, 0.29) is 0 Å². The van der Waals surface area contributed by atoms with Gasteiger partial charge >= 0.3 is 0 Å². The number of fused-ring (bicyclic) bond motifs is 6. The van der Waals surface area contributed by atoms with Gasteiger partial charge in [0.25, 0.3) is 0 Å². The van der Waals surface area contributed by atoms with Crippen molar-refractivity contribution in [1.82, 2.24) is 9.13 Å². The maximum atomic E-state index is 2.45. The van der Waals surface area contributed by atoms with Crippen LogP contribution in [0.1, 0.15) is 0 Å². The van der Waals surface area contributed by atoms with Gasteiger partial charge in [-0.15, -0.1) is 0 Å². The van der Waals surface area contributed by atoms with Gasteiger partial charge in [0.2, 0.25) is 0 Å². The van der Waals surface area contributed by atoms with E-state index < -0.39 is 0 Å². The maximum absolute atomic E-state index is 2.45. The number of benzene rings is 9. The van der Waals surface area contributed by atoms with Crippen LogP contribution >= 0.6 is 0 Å². The Bertz CT molecular complexity index is 2990. The van der Waals surface area contributed by atoms with Crippen LogP contribution in [0, 0.1) is 0 Å². The van der Waals surface area contributed by atoms with Crippen LogP contribution in [0.5, 0.6) is 0 Å². The summed E-state index contributed by atoms with van der Waals surface area (Å²) in [5.41, 5.74) is 16.8. The van der Waals surface area contributed by atoms with Crippen LogP contribution in [-0.2, 0) is 0 Å². The minimum atomic E-state index is 1.14. The van der Waals surface area contributed by atoms with Crippen molar-refractivity contribution < 1.29 is 0 Å². The average Bonchev–Trinajstić information content (AvgIpc) is 3.77. The van der Waals surface area contributed by atoms with Gasteiger partial charge in [-0.1, -0.05) is 158 Å². The first-order valence-electron chi connectivity index (χ1n) is 19.3. The highest BCUT2D eigenvalue weighted by atomic mass is 15.0. The lowest BCUT2D eigenvalue weighted by atomic mass is 9.93. The van der Waals surface area contributed by atoms with Gasteiger partial charge in [0.15, 0.2) is 0 Å². The summed E-state index contributed by atoms with van der Waals surface area (Å²) in [6, 6.07) is 79.4. The highest BCUT2D eigenvalue weighted by Gasteiger charge is 2.20. The van der Waals surface area contributed by atoms with E-state index in [1.54, 1.807) is 0 Å². The van der Waals surface area contributed by atoms with Crippen LogP contribution in [-0.4, -0.2) is 9.13 Å². The fourth-order valence-corrected chi connectivity index (χ4v) is 8.79. The minimum Gasteiger partial charge on any atom is -0.309 e. The van der Waals surface area contributed by atoms with E-state index in [0.717, 1.165) is 11.4 Å². The SMILES string of the molecule is c1ccc(-c2ccccc2-c2ccc3c(c2)c2cc4c5cc(-c6ccccc6-c6ccccc6)ccc5n(-c5ccccc5)c4cc2n3-c2ccccc2)cc1. The summed E-state index contributed by atoms with van der Waals surface area (Å²) in [4.78, 5) is 0. The van der Waals surface area contributed by atoms with Crippen molar-refractivity contribution in [2.24, 2.45) is 0 Å². The van der Waals surface area contributed by atoms with Crippen molar-refractivity contribution in [2.75, 3.05) is 0 Å². The second kappa shape index (κ2) is 13.2. The fourth-order valence-electron chi connectivity index (χ4n) is 8.79. The van der Waals surface area contributed by atoms with Crippen molar-refractivity contribution in [2.45, 2.75) is 0 Å². The number of rotatable bonds is 6. The van der Waals surface area contributed by atoms with E-state index in [2.05, 4.69) is 228 Å². The Balaban J connectivity index is 1.22. The monoisotopic (exact) mass is 712 g/mol. The summed E-state index contributed by atoms with van der Waals surface area (Å²) in [5, 5.41) is 4.94. The molecule has 9 aromatic carbocycles. The molecule has 0 amide bonds. The summed E-state index contributed by atoms with van der Waals surface area (Å²) in [5.74, 6) is 0. The summed E-state index contributed by atoms with van der Waals surface area (Å²) in [7, 11) is 0. The zero-order valence-corrected chi connectivity index (χ0v) is 30.7. The molecule has 2 aromatic heterocycles. The molecular weight excluding hydrogens is 677 g/mol. The molecule has 0 aliphatic rings. The summed E-state index contributed by atoms with van der Waals surface area (Å²) in [6.07, 6.45) is 0. The van der Waals surface area contributed by atoms with Crippen LogP contribution in [0.4, 0.5) is 0 Å². The van der Waals surface area contributed by atoms with Crippen LogP contribution < -0.4 is 0 Å². The molecule has 0 saturated heterocycles. The quantitative estimate of drug-likeness (QED) is 0.162. The standard InChI is InChI=1S/C54H36N2/c1-5-17-37(18-6-1)43-25-13-15-27-45(43)39-29-31-51-47(33-39)49-35-50-48-34-40(46-28-16-14-26-44(46)38-19-7-2-8-20-38)30-32-52(48)56(42-23-11-4-12-24-42)54(50)36-53(49)55(51)41-21-9-3-10-22-41/h1-36H. The minimum absolute atomic E-state index is 1.14. The molecule has 0 radical (unpaired) electrons. The highest BCUT2D eigenvalue weighted by molar-refractivity contribution is 6.20. The van der Waals surface area contributed by atoms with Crippen LogP contribution in [0.3, 0.4) is 0 Å². The Morgan fingerprint density at radius 3 is 0.929 bits per heavy atom. The third-order valence-corrected chi connectivity index (χ3v) is 11.3. The van der Waals surface area contributed by atoms with Gasteiger partial charge in [-0.3, -0.25) is 0 Å². The zero-order chi connectivity index (χ0) is 37.0. The van der Waals surface area contributed by atoms with Crippen molar-refractivity contribution in [1.29, 1.82) is 0 Å². The van der Waals surface area contributed by atoms with Crippen molar-refractivity contribution in [3.05, 3.63) is 218 Å². The number of hydrogen-bond donors (Lipinski definition) is 0. The van der Waals surface area contributed by atoms with E-state index in [1.807, 2.05) is 0 Å². The number of nitrogens with zero attached hydrogens (tertiary/aromatic N) is 2. The predicted octanol–water partition coefficient (Wildman–Crippen LogP) is 14.5. The van der Waals surface area contributed by atoms with Gasteiger partial charge < -0.3 is 9.13 Å². The fraction of sp³-hybridized carbons (Fsp3) is 0. The third kappa shape index (κ3) is 5.19. The molecular formula is C54H36N2. The smallest absolute Gasteiger partial charge is 0.0562 e. The summed E-state index contributed by atoms with van der Waals surface area (Å²) < 4.78 is 4.87. The van der Waals surface area contributed by atoms with Gasteiger partial charge in [0.05, 0.1) is 22.1 Å². The Labute approximate surface area is 325 Å². The lowest BCUT2D eigenvalue weighted by Gasteiger charge is -2.12. The third-order valence-electron chi connectivity index (χ3n) is 11.3. The maximum Gasteiger partial charge on any atom is 0.0562 e. The van der Waals surface area contributed by atoms with Gasteiger partial charge in [0.1, 0.15) is 0 Å². The van der Waals surface area contributed by atoms with Crippen molar-refractivity contribution in [3.63, 3.8) is 0 Å². The van der Waals surface area contributed by atoms with Gasteiger partial charge in [-0.2, -0.15) is 0 Å². The van der Waals surface area contributed by atoms with Crippen molar-refractivity contribution >= 4 is 43.6 Å². The van der Waals surface area contributed by atoms with Gasteiger partial charge in [-0.25, -0.2) is 0 Å². The molecule has 0 spiro atoms. The predicted molar refractivity (Wildman–Crippen MR) is 237 cm³/mol. The summed E-state index contributed by atoms with van der Waals surface area (Å²) in [6.45, 7) is 0. The second-order valence-electron chi connectivity index (χ2n) is 14.5. The molecule has 0 aliphatic heterocycles. The lowest BCUT2D eigenvalue weighted by Crippen LogP contribution is -1.95. The Hall–Kier alpha value is -7.42. The molecule has 0 N–H and O–H groups in total. The molecule has 0 aliphatic carbocycles. The first-order chi connectivity index (χ1) is 27.8. The van der Waals surface area contributed by atoms with Crippen LogP contribution in [0.25, 0.3) is 99.5 Å².